The van der Waals surface area contributed by atoms with Gasteiger partial charge in [0.05, 0.1) is 41.9 Å². The molecule has 3 aromatic heterocycles. The van der Waals surface area contributed by atoms with Crippen molar-refractivity contribution in [1.29, 1.82) is 0 Å². The van der Waals surface area contributed by atoms with Crippen molar-refractivity contribution in [3.05, 3.63) is 54.9 Å². The number of pyridine rings is 2. The van der Waals surface area contributed by atoms with Crippen LogP contribution in [0, 0.1) is 0 Å². The van der Waals surface area contributed by atoms with Gasteiger partial charge in [0.15, 0.2) is 0 Å². The van der Waals surface area contributed by atoms with Crippen molar-refractivity contribution in [2.75, 3.05) is 38.3 Å². The van der Waals surface area contributed by atoms with Crippen molar-refractivity contribution >= 4 is 22.2 Å². The van der Waals surface area contributed by atoms with E-state index in [1.165, 1.54) is 0 Å². The Morgan fingerprint density at radius 3 is 2.94 bits per heavy atom. The smallest absolute Gasteiger partial charge is 0.140 e. The number of imidazole rings is 1. The van der Waals surface area contributed by atoms with Crippen molar-refractivity contribution < 1.29 is 13.9 Å². The Kier molecular flexibility index (Phi) is 5.63. The van der Waals surface area contributed by atoms with Crippen LogP contribution < -0.4 is 15.4 Å². The minimum Gasteiger partial charge on any atom is -0.491 e. The van der Waals surface area contributed by atoms with E-state index in [1.807, 2.05) is 64.2 Å². The number of nitrogens with two attached hydrogens (primary N) is 1. The fourth-order valence-corrected chi connectivity index (χ4v) is 4.16. The zero-order chi connectivity index (χ0) is 22.1. The molecule has 1 aliphatic heterocycles. The van der Waals surface area contributed by atoms with Crippen LogP contribution in [0.5, 0.6) is 5.75 Å². The highest BCUT2D eigenvalue weighted by molar-refractivity contribution is 5.92. The van der Waals surface area contributed by atoms with Crippen LogP contribution in [0.2, 0.25) is 0 Å². The summed E-state index contributed by atoms with van der Waals surface area (Å²) >= 11 is 0. The number of nitrogens with zero attached hydrogens (tertiary/aromatic N) is 4. The number of aromatic nitrogens is 3. The minimum absolute atomic E-state index is 0.285. The Hall–Kier alpha value is -3.23. The molecule has 4 aromatic rings. The Morgan fingerprint density at radius 2 is 2.09 bits per heavy atom. The number of piperidine rings is 1. The Balaban J connectivity index is 1.50. The molecule has 8 heteroatoms. The van der Waals surface area contributed by atoms with E-state index < -0.39 is 12.2 Å². The van der Waals surface area contributed by atoms with Crippen LogP contribution in [0.25, 0.3) is 27.9 Å². The van der Waals surface area contributed by atoms with Gasteiger partial charge in [0.25, 0.3) is 0 Å². The first-order valence-corrected chi connectivity index (χ1v) is 10.8. The van der Waals surface area contributed by atoms with Crippen molar-refractivity contribution in [2.24, 2.45) is 5.73 Å². The number of fused-ring (bicyclic) bond motifs is 2. The fourth-order valence-electron chi connectivity index (χ4n) is 4.16. The summed E-state index contributed by atoms with van der Waals surface area (Å²) in [5.74, 6) is 0.740. The maximum atomic E-state index is 14.3. The van der Waals surface area contributed by atoms with Crippen molar-refractivity contribution in [3.63, 3.8) is 0 Å². The first kappa shape index (κ1) is 20.7. The number of anilines is 1. The molecule has 0 spiro atoms. The SMILES string of the molecule is COCCOc1ccn2c(-c3ccc4cccc(N5CC[C@@H](N)[C@@H](F)C5)c4n3)cnc2c1. The zero-order valence-corrected chi connectivity index (χ0v) is 17.9. The maximum Gasteiger partial charge on any atom is 0.140 e. The highest BCUT2D eigenvalue weighted by Gasteiger charge is 2.27. The molecule has 0 unspecified atom stereocenters. The van der Waals surface area contributed by atoms with Crippen LogP contribution >= 0.6 is 0 Å². The third-order valence-electron chi connectivity index (χ3n) is 5.93. The van der Waals surface area contributed by atoms with Gasteiger partial charge in [0.2, 0.25) is 0 Å². The predicted octanol–water partition coefficient (Wildman–Crippen LogP) is 3.45. The molecule has 4 heterocycles. The maximum absolute atomic E-state index is 14.3. The van der Waals surface area contributed by atoms with Crippen molar-refractivity contribution in [1.82, 2.24) is 14.4 Å². The summed E-state index contributed by atoms with van der Waals surface area (Å²) in [7, 11) is 1.64. The monoisotopic (exact) mass is 435 g/mol. The molecule has 2 atom stereocenters. The van der Waals surface area contributed by atoms with Gasteiger partial charge in [0.1, 0.15) is 24.2 Å². The molecular weight excluding hydrogens is 409 g/mol. The van der Waals surface area contributed by atoms with Crippen LogP contribution in [0.15, 0.2) is 54.9 Å². The van der Waals surface area contributed by atoms with Crippen LogP contribution in [-0.4, -0.2) is 60.0 Å². The van der Waals surface area contributed by atoms with Gasteiger partial charge in [-0.05, 0) is 24.6 Å². The molecule has 7 nitrogen and oxygen atoms in total. The van der Waals surface area contributed by atoms with Gasteiger partial charge in [0, 0.05) is 37.3 Å². The lowest BCUT2D eigenvalue weighted by Gasteiger charge is -2.34. The summed E-state index contributed by atoms with van der Waals surface area (Å²) in [6.07, 6.45) is 3.32. The van der Waals surface area contributed by atoms with Crippen LogP contribution in [0.1, 0.15) is 6.42 Å². The topological polar surface area (TPSA) is 77.9 Å². The number of para-hydroxylation sites is 1. The number of hydrogen-bond acceptors (Lipinski definition) is 6. The standard InChI is InChI=1S/C24H26FN5O2/c1-31-11-12-32-17-7-10-30-22(14-27-23(30)13-17)20-6-5-16-3-2-4-21(24(16)28-20)29-9-8-19(26)18(25)15-29/h2-7,10,13-14,18-19H,8-9,11-12,15,26H2,1H3/t18-,19+/m0/s1. The summed E-state index contributed by atoms with van der Waals surface area (Å²) in [6, 6.07) is 13.4. The van der Waals surface area contributed by atoms with E-state index in [1.54, 1.807) is 7.11 Å². The highest BCUT2D eigenvalue weighted by atomic mass is 19.1. The Morgan fingerprint density at radius 1 is 1.19 bits per heavy atom. The zero-order valence-electron chi connectivity index (χ0n) is 17.9. The van der Waals surface area contributed by atoms with Crippen molar-refractivity contribution in [3.8, 4) is 17.1 Å². The molecule has 0 saturated carbocycles. The van der Waals surface area contributed by atoms with Crippen LogP contribution in [0.3, 0.4) is 0 Å². The molecule has 0 aliphatic carbocycles. The predicted molar refractivity (Wildman–Crippen MR) is 123 cm³/mol. The van der Waals surface area contributed by atoms with Crippen molar-refractivity contribution in [2.45, 2.75) is 18.6 Å². The molecule has 1 aromatic carbocycles. The van der Waals surface area contributed by atoms with Gasteiger partial charge in [-0.1, -0.05) is 18.2 Å². The lowest BCUT2D eigenvalue weighted by atomic mass is 10.0. The highest BCUT2D eigenvalue weighted by Crippen LogP contribution is 2.31. The van der Waals surface area contributed by atoms with Gasteiger partial charge < -0.3 is 20.1 Å². The summed E-state index contributed by atoms with van der Waals surface area (Å²) in [5.41, 5.74) is 10.1. The Labute approximate surface area is 185 Å². The number of benzene rings is 1. The molecule has 1 saturated heterocycles. The van der Waals surface area contributed by atoms with Gasteiger partial charge in [-0.25, -0.2) is 14.4 Å². The lowest BCUT2D eigenvalue weighted by molar-refractivity contribution is 0.146. The molecule has 32 heavy (non-hydrogen) atoms. The number of alkyl halides is 1. The third-order valence-corrected chi connectivity index (χ3v) is 5.93. The quantitative estimate of drug-likeness (QED) is 0.468. The van der Waals surface area contributed by atoms with E-state index in [2.05, 4.69) is 4.98 Å². The van der Waals surface area contributed by atoms with Gasteiger partial charge in [-0.15, -0.1) is 0 Å². The van der Waals surface area contributed by atoms with E-state index in [9.17, 15) is 4.39 Å². The molecule has 5 rings (SSSR count). The first-order valence-electron chi connectivity index (χ1n) is 10.8. The van der Waals surface area contributed by atoms with E-state index in [0.717, 1.165) is 39.4 Å². The molecule has 0 bridgehead atoms. The summed E-state index contributed by atoms with van der Waals surface area (Å²) in [4.78, 5) is 11.5. The fraction of sp³-hybridized carbons (Fsp3) is 0.333. The number of rotatable bonds is 6. The summed E-state index contributed by atoms with van der Waals surface area (Å²) in [5, 5.41) is 1.01. The average molecular weight is 436 g/mol. The lowest BCUT2D eigenvalue weighted by Crippen LogP contribution is -2.48. The molecule has 166 valence electrons. The second-order valence-electron chi connectivity index (χ2n) is 8.04. The van der Waals surface area contributed by atoms with Crippen LogP contribution in [-0.2, 0) is 4.74 Å². The van der Waals surface area contributed by atoms with Gasteiger partial charge in [-0.3, -0.25) is 4.40 Å². The van der Waals surface area contributed by atoms with Gasteiger partial charge in [-0.2, -0.15) is 0 Å². The molecule has 0 amide bonds. The normalized spacial score (nSPS) is 19.0. The molecule has 1 fully saturated rings. The number of hydrogen-bond donors (Lipinski definition) is 1. The number of halogens is 1. The molecule has 2 N–H and O–H groups in total. The molecule has 1 aliphatic rings. The number of methoxy groups -OCH3 is 1. The van der Waals surface area contributed by atoms with E-state index in [4.69, 9.17) is 20.2 Å². The van der Waals surface area contributed by atoms with Gasteiger partial charge >= 0.3 is 0 Å². The Bertz CT molecular complexity index is 1240. The minimum atomic E-state index is -1.04. The molecule has 0 radical (unpaired) electrons. The molecular formula is C24H26FN5O2. The van der Waals surface area contributed by atoms with E-state index in [0.29, 0.717) is 26.2 Å². The van der Waals surface area contributed by atoms with Crippen LogP contribution in [0.4, 0.5) is 10.1 Å². The number of ether oxygens (including phenoxy) is 2. The largest absolute Gasteiger partial charge is 0.491 e. The first-order chi connectivity index (χ1) is 15.6. The second kappa shape index (κ2) is 8.72. The second-order valence-corrected chi connectivity index (χ2v) is 8.04. The summed E-state index contributed by atoms with van der Waals surface area (Å²) < 4.78 is 27.0. The average Bonchev–Trinajstić information content (AvgIpc) is 3.24. The van der Waals surface area contributed by atoms with E-state index in [-0.39, 0.29) is 6.54 Å². The summed E-state index contributed by atoms with van der Waals surface area (Å²) in [6.45, 7) is 2.01. The third kappa shape index (κ3) is 3.87. The van der Waals surface area contributed by atoms with E-state index >= 15 is 0 Å².